The Balaban J connectivity index is 1.53. The third kappa shape index (κ3) is 5.40. The number of aryl methyl sites for hydroxylation is 1. The highest BCUT2D eigenvalue weighted by Crippen LogP contribution is 2.28. The van der Waals surface area contributed by atoms with Gasteiger partial charge in [-0.1, -0.05) is 29.8 Å². The van der Waals surface area contributed by atoms with Gasteiger partial charge in [0.2, 0.25) is 0 Å². The van der Waals surface area contributed by atoms with E-state index >= 15 is 0 Å². The van der Waals surface area contributed by atoms with Crippen LogP contribution >= 0.6 is 27.5 Å². The third-order valence-electron chi connectivity index (χ3n) is 4.16. The molecule has 0 aliphatic carbocycles. The third-order valence-corrected chi connectivity index (χ3v) is 5.01. The predicted octanol–water partition coefficient (Wildman–Crippen LogP) is 4.47. The molecule has 1 heterocycles. The van der Waals surface area contributed by atoms with Gasteiger partial charge >= 0.3 is 5.97 Å². The number of hydrogen-bond donors (Lipinski definition) is 1. The number of nitrogens with zero attached hydrogens (tertiary/aromatic N) is 2. The molecule has 9 heteroatoms. The molecule has 0 saturated carbocycles. The standard InChI is InChI=1S/C21H19BrClN3O4/c1-13-21(14(2)26(25-13)16-6-4-3-5-7-16)24-19(27)11-30-20(28)12-29-18-9-8-15(23)10-17(18)22/h3-10H,11-12H2,1-2H3,(H,24,27). The Morgan fingerprint density at radius 2 is 1.87 bits per heavy atom. The number of benzene rings is 2. The van der Waals surface area contributed by atoms with E-state index in [0.717, 1.165) is 11.4 Å². The van der Waals surface area contributed by atoms with E-state index in [2.05, 4.69) is 26.3 Å². The largest absolute Gasteiger partial charge is 0.481 e. The lowest BCUT2D eigenvalue weighted by Gasteiger charge is -2.09. The molecule has 1 amide bonds. The van der Waals surface area contributed by atoms with Crippen molar-refractivity contribution in [3.05, 3.63) is 69.4 Å². The summed E-state index contributed by atoms with van der Waals surface area (Å²) in [5.41, 5.74) is 2.90. The summed E-state index contributed by atoms with van der Waals surface area (Å²) in [6.07, 6.45) is 0. The number of carbonyl (C=O) groups excluding carboxylic acids is 2. The lowest BCUT2D eigenvalue weighted by molar-refractivity contribution is -0.149. The second-order valence-corrected chi connectivity index (χ2v) is 7.66. The van der Waals surface area contributed by atoms with Crippen molar-refractivity contribution in [3.8, 4) is 11.4 Å². The minimum atomic E-state index is -0.666. The van der Waals surface area contributed by atoms with Crippen molar-refractivity contribution in [2.45, 2.75) is 13.8 Å². The second kappa shape index (κ2) is 9.77. The molecule has 0 atom stereocenters. The molecule has 30 heavy (non-hydrogen) atoms. The van der Waals surface area contributed by atoms with Gasteiger partial charge in [0.05, 0.1) is 27.2 Å². The van der Waals surface area contributed by atoms with Gasteiger partial charge in [0.1, 0.15) is 5.75 Å². The topological polar surface area (TPSA) is 82.5 Å². The Hall–Kier alpha value is -2.84. The summed E-state index contributed by atoms with van der Waals surface area (Å²) in [5.74, 6) is -0.685. The lowest BCUT2D eigenvalue weighted by Crippen LogP contribution is -2.24. The van der Waals surface area contributed by atoms with Crippen molar-refractivity contribution in [2.24, 2.45) is 0 Å². The quantitative estimate of drug-likeness (QED) is 0.492. The Labute approximate surface area is 187 Å². The van der Waals surface area contributed by atoms with E-state index in [4.69, 9.17) is 21.1 Å². The van der Waals surface area contributed by atoms with Gasteiger partial charge in [-0.2, -0.15) is 5.10 Å². The molecule has 0 aliphatic heterocycles. The maximum Gasteiger partial charge on any atom is 0.344 e. The molecular formula is C21H19BrClN3O4. The number of nitrogens with one attached hydrogen (secondary N) is 1. The van der Waals surface area contributed by atoms with Crippen LogP contribution in [0.4, 0.5) is 5.69 Å². The zero-order valence-corrected chi connectivity index (χ0v) is 18.7. The molecule has 3 rings (SSSR count). The molecule has 156 valence electrons. The normalized spacial score (nSPS) is 10.5. The van der Waals surface area contributed by atoms with E-state index in [1.54, 1.807) is 29.8 Å². The minimum absolute atomic E-state index is 0.336. The number of carbonyl (C=O) groups is 2. The van der Waals surface area contributed by atoms with Gasteiger partial charge < -0.3 is 14.8 Å². The fourth-order valence-corrected chi connectivity index (χ4v) is 3.53. The highest BCUT2D eigenvalue weighted by atomic mass is 79.9. The van der Waals surface area contributed by atoms with Crippen LogP contribution < -0.4 is 10.1 Å². The zero-order valence-electron chi connectivity index (χ0n) is 16.3. The SMILES string of the molecule is Cc1nn(-c2ccccc2)c(C)c1NC(=O)COC(=O)COc1ccc(Cl)cc1Br. The monoisotopic (exact) mass is 491 g/mol. The average Bonchev–Trinajstić information content (AvgIpc) is 3.00. The molecule has 0 unspecified atom stereocenters. The fourth-order valence-electron chi connectivity index (χ4n) is 2.74. The number of halogens is 2. The average molecular weight is 493 g/mol. The molecule has 7 nitrogen and oxygen atoms in total. The number of amides is 1. The van der Waals surface area contributed by atoms with Gasteiger partial charge in [0.15, 0.2) is 13.2 Å². The van der Waals surface area contributed by atoms with E-state index < -0.39 is 18.5 Å². The highest BCUT2D eigenvalue weighted by Gasteiger charge is 2.16. The van der Waals surface area contributed by atoms with Crippen LogP contribution in [0.5, 0.6) is 5.75 Å². The summed E-state index contributed by atoms with van der Waals surface area (Å²) in [5, 5.41) is 7.75. The lowest BCUT2D eigenvalue weighted by atomic mass is 10.3. The highest BCUT2D eigenvalue weighted by molar-refractivity contribution is 9.10. The smallest absolute Gasteiger partial charge is 0.344 e. The van der Waals surface area contributed by atoms with E-state index in [1.165, 1.54) is 0 Å². The Morgan fingerprint density at radius 1 is 1.13 bits per heavy atom. The zero-order chi connectivity index (χ0) is 21.7. The van der Waals surface area contributed by atoms with Gasteiger partial charge in [-0.05, 0) is 60.1 Å². The van der Waals surface area contributed by atoms with Crippen LogP contribution in [0.1, 0.15) is 11.4 Å². The van der Waals surface area contributed by atoms with Crippen molar-refractivity contribution in [1.82, 2.24) is 9.78 Å². The molecule has 0 fully saturated rings. The first-order valence-electron chi connectivity index (χ1n) is 9.00. The van der Waals surface area contributed by atoms with E-state index in [1.807, 2.05) is 37.3 Å². The Morgan fingerprint density at radius 3 is 2.57 bits per heavy atom. The van der Waals surface area contributed by atoms with Crippen LogP contribution in [-0.2, 0) is 14.3 Å². The van der Waals surface area contributed by atoms with Crippen LogP contribution in [-0.4, -0.2) is 34.9 Å². The second-order valence-electron chi connectivity index (χ2n) is 6.37. The predicted molar refractivity (Wildman–Crippen MR) is 117 cm³/mol. The summed E-state index contributed by atoms with van der Waals surface area (Å²) in [6, 6.07) is 14.5. The number of aromatic nitrogens is 2. The molecule has 1 aromatic heterocycles. The first-order valence-corrected chi connectivity index (χ1v) is 10.2. The van der Waals surface area contributed by atoms with Crippen LogP contribution in [0.15, 0.2) is 53.0 Å². The van der Waals surface area contributed by atoms with Crippen LogP contribution in [0.2, 0.25) is 5.02 Å². The summed E-state index contributed by atoms with van der Waals surface area (Å²) in [7, 11) is 0. The van der Waals surface area contributed by atoms with Gasteiger partial charge in [-0.3, -0.25) is 4.79 Å². The summed E-state index contributed by atoms with van der Waals surface area (Å²) in [6.45, 7) is 2.88. The number of anilines is 1. The van der Waals surface area contributed by atoms with Crippen LogP contribution in [0, 0.1) is 13.8 Å². The summed E-state index contributed by atoms with van der Waals surface area (Å²) < 4.78 is 12.7. The Kier molecular flexibility index (Phi) is 7.12. The first-order chi connectivity index (χ1) is 14.3. The number of esters is 1. The molecule has 0 aliphatic rings. The number of hydrogen-bond acceptors (Lipinski definition) is 5. The fraction of sp³-hybridized carbons (Fsp3) is 0.190. The van der Waals surface area contributed by atoms with E-state index in [0.29, 0.717) is 26.6 Å². The molecule has 0 saturated heterocycles. The minimum Gasteiger partial charge on any atom is -0.481 e. The molecule has 3 aromatic rings. The maximum atomic E-state index is 12.2. The molecule has 1 N–H and O–H groups in total. The molecular weight excluding hydrogens is 474 g/mol. The molecule has 0 spiro atoms. The van der Waals surface area contributed by atoms with E-state index in [-0.39, 0.29) is 6.61 Å². The molecule has 2 aromatic carbocycles. The first kappa shape index (κ1) is 21.9. The summed E-state index contributed by atoms with van der Waals surface area (Å²) >= 11 is 9.16. The maximum absolute atomic E-state index is 12.2. The van der Waals surface area contributed by atoms with Crippen molar-refractivity contribution in [1.29, 1.82) is 0 Å². The van der Waals surface area contributed by atoms with Crippen LogP contribution in [0.25, 0.3) is 5.69 Å². The van der Waals surface area contributed by atoms with Crippen molar-refractivity contribution < 1.29 is 19.1 Å². The van der Waals surface area contributed by atoms with Crippen molar-refractivity contribution in [2.75, 3.05) is 18.5 Å². The van der Waals surface area contributed by atoms with Crippen molar-refractivity contribution in [3.63, 3.8) is 0 Å². The molecule has 0 radical (unpaired) electrons. The van der Waals surface area contributed by atoms with Gasteiger partial charge in [0.25, 0.3) is 5.91 Å². The van der Waals surface area contributed by atoms with Crippen molar-refractivity contribution >= 4 is 45.1 Å². The van der Waals surface area contributed by atoms with Gasteiger partial charge in [-0.15, -0.1) is 0 Å². The van der Waals surface area contributed by atoms with Crippen LogP contribution in [0.3, 0.4) is 0 Å². The van der Waals surface area contributed by atoms with Gasteiger partial charge in [0, 0.05) is 5.02 Å². The number of rotatable bonds is 7. The number of ether oxygens (including phenoxy) is 2. The number of para-hydroxylation sites is 1. The van der Waals surface area contributed by atoms with E-state index in [9.17, 15) is 9.59 Å². The summed E-state index contributed by atoms with van der Waals surface area (Å²) in [4.78, 5) is 24.1. The van der Waals surface area contributed by atoms with Gasteiger partial charge in [-0.25, -0.2) is 9.48 Å². The molecule has 0 bridgehead atoms. The Bertz CT molecular complexity index is 1070.